The van der Waals surface area contributed by atoms with Gasteiger partial charge in [-0.15, -0.1) is 11.8 Å². The Hall–Kier alpha value is -2.01. The quantitative estimate of drug-likeness (QED) is 0.837. The Balaban J connectivity index is 1.95. The maximum atomic E-state index is 11.8. The summed E-state index contributed by atoms with van der Waals surface area (Å²) in [5.41, 5.74) is 2.35. The third kappa shape index (κ3) is 3.99. The van der Waals surface area contributed by atoms with E-state index in [0.29, 0.717) is 5.69 Å². The Morgan fingerprint density at radius 3 is 2.26 bits per heavy atom. The fourth-order valence-electron chi connectivity index (χ4n) is 1.51. The van der Waals surface area contributed by atoms with Gasteiger partial charge >= 0.3 is 6.03 Å². The highest BCUT2D eigenvalue weighted by Gasteiger charge is 2.02. The van der Waals surface area contributed by atoms with Crippen LogP contribution in [0.5, 0.6) is 0 Å². The fourth-order valence-corrected chi connectivity index (χ4v) is 1.92. The van der Waals surface area contributed by atoms with Gasteiger partial charge in [-0.3, -0.25) is 4.98 Å². The Morgan fingerprint density at radius 2 is 1.68 bits per heavy atom. The number of carbonyl (C=O) groups is 1. The van der Waals surface area contributed by atoms with Gasteiger partial charge < -0.3 is 10.6 Å². The number of benzene rings is 1. The summed E-state index contributed by atoms with van der Waals surface area (Å²) in [4.78, 5) is 17.0. The molecule has 2 rings (SSSR count). The van der Waals surface area contributed by atoms with Gasteiger partial charge in [0, 0.05) is 16.3 Å². The molecule has 0 fully saturated rings. The fraction of sp³-hybridized carbons (Fsp3) is 0.143. The molecular weight excluding hydrogens is 258 g/mol. The summed E-state index contributed by atoms with van der Waals surface area (Å²) >= 11 is 1.66. The maximum absolute atomic E-state index is 11.8. The third-order valence-electron chi connectivity index (χ3n) is 2.52. The zero-order valence-corrected chi connectivity index (χ0v) is 11.6. The summed E-state index contributed by atoms with van der Waals surface area (Å²) in [6, 6.07) is 11.1. The molecule has 1 aromatic heterocycles. The Kier molecular flexibility index (Phi) is 4.41. The molecule has 2 aromatic rings. The van der Waals surface area contributed by atoms with Crippen LogP contribution in [0, 0.1) is 6.92 Å². The Morgan fingerprint density at radius 1 is 1.05 bits per heavy atom. The van der Waals surface area contributed by atoms with Gasteiger partial charge in [-0.1, -0.05) is 0 Å². The number of pyridine rings is 1. The predicted molar refractivity (Wildman–Crippen MR) is 79.8 cm³/mol. The van der Waals surface area contributed by atoms with Crippen LogP contribution >= 0.6 is 11.8 Å². The zero-order chi connectivity index (χ0) is 13.7. The smallest absolute Gasteiger partial charge is 0.308 e. The van der Waals surface area contributed by atoms with Gasteiger partial charge in [0.25, 0.3) is 0 Å². The lowest BCUT2D eigenvalue weighted by atomic mass is 10.3. The summed E-state index contributed by atoms with van der Waals surface area (Å²) in [6.45, 7) is 1.90. The van der Waals surface area contributed by atoms with E-state index in [1.807, 2.05) is 49.6 Å². The molecule has 0 aliphatic heterocycles. The number of nitrogens with one attached hydrogen (secondary N) is 2. The summed E-state index contributed by atoms with van der Waals surface area (Å²) in [5, 5.41) is 5.50. The van der Waals surface area contributed by atoms with E-state index in [0.717, 1.165) is 16.3 Å². The standard InChI is InChI=1S/C14H15N3OS/c1-10-3-4-12(9-15-10)17-14(18)16-11-5-7-13(19-2)8-6-11/h3-9H,1-2H3,(H2,16,17,18). The highest BCUT2D eigenvalue weighted by atomic mass is 32.2. The van der Waals surface area contributed by atoms with Crippen molar-refractivity contribution in [2.75, 3.05) is 16.9 Å². The number of amides is 2. The molecule has 0 bridgehead atoms. The molecule has 0 saturated carbocycles. The van der Waals surface area contributed by atoms with Crippen molar-refractivity contribution in [3.05, 3.63) is 48.3 Å². The molecule has 1 heterocycles. The van der Waals surface area contributed by atoms with E-state index in [9.17, 15) is 4.79 Å². The van der Waals surface area contributed by atoms with E-state index < -0.39 is 0 Å². The second kappa shape index (κ2) is 6.24. The molecule has 5 heteroatoms. The number of hydrogen-bond acceptors (Lipinski definition) is 3. The summed E-state index contributed by atoms with van der Waals surface area (Å²) in [5.74, 6) is 0. The maximum Gasteiger partial charge on any atom is 0.323 e. The average Bonchev–Trinajstić information content (AvgIpc) is 2.42. The van der Waals surface area contributed by atoms with Crippen LogP contribution in [0.1, 0.15) is 5.69 Å². The largest absolute Gasteiger partial charge is 0.323 e. The minimum atomic E-state index is -0.275. The van der Waals surface area contributed by atoms with Gasteiger partial charge in [0.1, 0.15) is 0 Å². The highest BCUT2D eigenvalue weighted by Crippen LogP contribution is 2.17. The van der Waals surface area contributed by atoms with Gasteiger partial charge in [-0.2, -0.15) is 0 Å². The number of carbonyl (C=O) groups excluding carboxylic acids is 1. The molecule has 2 N–H and O–H groups in total. The van der Waals surface area contributed by atoms with E-state index in [1.54, 1.807) is 18.0 Å². The SMILES string of the molecule is CSc1ccc(NC(=O)Nc2ccc(C)nc2)cc1. The molecule has 0 atom stereocenters. The molecule has 0 unspecified atom stereocenters. The van der Waals surface area contributed by atoms with Crippen LogP contribution in [0.25, 0.3) is 0 Å². The lowest BCUT2D eigenvalue weighted by Crippen LogP contribution is -2.19. The lowest BCUT2D eigenvalue weighted by molar-refractivity contribution is 0.262. The molecule has 0 radical (unpaired) electrons. The number of aryl methyl sites for hydroxylation is 1. The van der Waals surface area contributed by atoms with Crippen LogP contribution < -0.4 is 10.6 Å². The first-order valence-corrected chi connectivity index (χ1v) is 7.04. The van der Waals surface area contributed by atoms with Crippen LogP contribution in [0.4, 0.5) is 16.2 Å². The lowest BCUT2D eigenvalue weighted by Gasteiger charge is -2.08. The molecule has 1 aromatic carbocycles. The second-order valence-electron chi connectivity index (χ2n) is 4.00. The van der Waals surface area contributed by atoms with Crippen LogP contribution in [-0.4, -0.2) is 17.3 Å². The van der Waals surface area contributed by atoms with E-state index in [2.05, 4.69) is 15.6 Å². The number of nitrogens with zero attached hydrogens (tertiary/aromatic N) is 1. The first kappa shape index (κ1) is 13.4. The molecular formula is C14H15N3OS. The monoisotopic (exact) mass is 273 g/mol. The number of urea groups is 1. The minimum Gasteiger partial charge on any atom is -0.308 e. The number of thioether (sulfide) groups is 1. The van der Waals surface area contributed by atoms with E-state index in [1.165, 1.54) is 0 Å². The van der Waals surface area contributed by atoms with Gasteiger partial charge in [0.15, 0.2) is 0 Å². The molecule has 0 aliphatic rings. The summed E-state index contributed by atoms with van der Waals surface area (Å²) in [6.07, 6.45) is 3.64. The first-order valence-electron chi connectivity index (χ1n) is 5.82. The van der Waals surface area contributed by atoms with Crippen molar-refractivity contribution in [2.45, 2.75) is 11.8 Å². The van der Waals surface area contributed by atoms with Crippen LogP contribution in [0.2, 0.25) is 0 Å². The Bertz CT molecular complexity index is 552. The Labute approximate surface area is 116 Å². The molecule has 98 valence electrons. The highest BCUT2D eigenvalue weighted by molar-refractivity contribution is 7.98. The summed E-state index contributed by atoms with van der Waals surface area (Å²) < 4.78 is 0. The molecule has 0 aliphatic carbocycles. The van der Waals surface area contributed by atoms with Gasteiger partial charge in [0.05, 0.1) is 11.9 Å². The number of hydrogen-bond donors (Lipinski definition) is 2. The van der Waals surface area contributed by atoms with Crippen molar-refractivity contribution in [3.8, 4) is 0 Å². The van der Waals surface area contributed by atoms with Gasteiger partial charge in [-0.05, 0) is 49.6 Å². The minimum absolute atomic E-state index is 0.275. The van der Waals surface area contributed by atoms with Crippen LogP contribution in [0.15, 0.2) is 47.5 Å². The van der Waals surface area contributed by atoms with Gasteiger partial charge in [-0.25, -0.2) is 4.79 Å². The van der Waals surface area contributed by atoms with Crippen LogP contribution in [-0.2, 0) is 0 Å². The average molecular weight is 273 g/mol. The second-order valence-corrected chi connectivity index (χ2v) is 4.88. The molecule has 2 amide bonds. The normalized spacial score (nSPS) is 10.0. The van der Waals surface area contributed by atoms with E-state index in [-0.39, 0.29) is 6.03 Å². The van der Waals surface area contributed by atoms with Crippen molar-refractivity contribution in [1.82, 2.24) is 4.98 Å². The number of rotatable bonds is 3. The molecule has 19 heavy (non-hydrogen) atoms. The van der Waals surface area contributed by atoms with E-state index in [4.69, 9.17) is 0 Å². The van der Waals surface area contributed by atoms with E-state index >= 15 is 0 Å². The van der Waals surface area contributed by atoms with Crippen molar-refractivity contribution in [1.29, 1.82) is 0 Å². The van der Waals surface area contributed by atoms with Crippen molar-refractivity contribution >= 4 is 29.2 Å². The summed E-state index contributed by atoms with van der Waals surface area (Å²) in [7, 11) is 0. The number of anilines is 2. The van der Waals surface area contributed by atoms with Crippen molar-refractivity contribution in [2.24, 2.45) is 0 Å². The zero-order valence-electron chi connectivity index (χ0n) is 10.8. The molecule has 0 spiro atoms. The molecule has 4 nitrogen and oxygen atoms in total. The van der Waals surface area contributed by atoms with Crippen LogP contribution in [0.3, 0.4) is 0 Å². The molecule has 0 saturated heterocycles. The van der Waals surface area contributed by atoms with Gasteiger partial charge in [0.2, 0.25) is 0 Å². The first-order chi connectivity index (χ1) is 9.17. The third-order valence-corrected chi connectivity index (χ3v) is 3.26. The van der Waals surface area contributed by atoms with Crippen molar-refractivity contribution in [3.63, 3.8) is 0 Å². The predicted octanol–water partition coefficient (Wildman–Crippen LogP) is 3.76. The van der Waals surface area contributed by atoms with Crippen molar-refractivity contribution < 1.29 is 4.79 Å². The number of aromatic nitrogens is 1. The topological polar surface area (TPSA) is 54.0 Å².